The van der Waals surface area contributed by atoms with Crippen LogP contribution < -0.4 is 16.0 Å². The molecule has 150 valence electrons. The SMILES string of the molecule is Cc1ccc(Nc2cccc(C(=O)N3CC4(C3)NC(=O)c3ccccc3N4)c2)nn1. The summed E-state index contributed by atoms with van der Waals surface area (Å²) in [6, 6.07) is 18.3. The Morgan fingerprint density at radius 1 is 1.03 bits per heavy atom. The van der Waals surface area contributed by atoms with Gasteiger partial charge in [0.25, 0.3) is 11.8 Å². The summed E-state index contributed by atoms with van der Waals surface area (Å²) in [5, 5.41) is 17.6. The number of nitrogens with one attached hydrogen (secondary N) is 3. The van der Waals surface area contributed by atoms with Crippen LogP contribution in [0.3, 0.4) is 0 Å². The fraction of sp³-hybridized carbons (Fsp3) is 0.182. The molecule has 0 bridgehead atoms. The monoisotopic (exact) mass is 400 g/mol. The van der Waals surface area contributed by atoms with Gasteiger partial charge in [-0.25, -0.2) is 0 Å². The fourth-order valence-electron chi connectivity index (χ4n) is 3.80. The summed E-state index contributed by atoms with van der Waals surface area (Å²) >= 11 is 0. The molecule has 2 aliphatic heterocycles. The molecule has 3 N–H and O–H groups in total. The lowest BCUT2D eigenvalue weighted by Gasteiger charge is -2.52. The van der Waals surface area contributed by atoms with Gasteiger partial charge in [-0.1, -0.05) is 18.2 Å². The van der Waals surface area contributed by atoms with E-state index in [1.807, 2.05) is 49.4 Å². The van der Waals surface area contributed by atoms with Gasteiger partial charge in [-0.05, 0) is 49.4 Å². The fourth-order valence-corrected chi connectivity index (χ4v) is 3.80. The van der Waals surface area contributed by atoms with E-state index in [-0.39, 0.29) is 11.8 Å². The predicted molar refractivity (Wildman–Crippen MR) is 113 cm³/mol. The normalized spacial score (nSPS) is 16.2. The quantitative estimate of drug-likeness (QED) is 0.625. The van der Waals surface area contributed by atoms with Crippen LogP contribution in [0.5, 0.6) is 0 Å². The molecule has 5 rings (SSSR count). The third-order valence-corrected chi connectivity index (χ3v) is 5.29. The summed E-state index contributed by atoms with van der Waals surface area (Å²) < 4.78 is 0. The number of carbonyl (C=O) groups is 2. The number of rotatable bonds is 3. The molecular formula is C22H20N6O2. The van der Waals surface area contributed by atoms with E-state index < -0.39 is 5.66 Å². The van der Waals surface area contributed by atoms with Gasteiger partial charge in [0.15, 0.2) is 5.82 Å². The molecule has 1 fully saturated rings. The largest absolute Gasteiger partial charge is 0.359 e. The van der Waals surface area contributed by atoms with E-state index in [1.54, 1.807) is 23.1 Å². The van der Waals surface area contributed by atoms with Crippen molar-refractivity contribution in [3.8, 4) is 0 Å². The van der Waals surface area contributed by atoms with Gasteiger partial charge in [0, 0.05) is 16.9 Å². The minimum Gasteiger partial charge on any atom is -0.359 e. The first kappa shape index (κ1) is 18.1. The third-order valence-electron chi connectivity index (χ3n) is 5.29. The smallest absolute Gasteiger partial charge is 0.255 e. The van der Waals surface area contributed by atoms with Crippen LogP contribution in [0, 0.1) is 6.92 Å². The lowest BCUT2D eigenvalue weighted by molar-refractivity contribution is 0.0344. The maximum atomic E-state index is 13.0. The zero-order valence-corrected chi connectivity index (χ0v) is 16.3. The Kier molecular flexibility index (Phi) is 4.13. The standard InChI is InChI=1S/C22H20N6O2/c1-14-9-10-19(27-26-14)23-16-6-4-5-15(11-16)21(30)28-12-22(13-28)24-18-8-3-2-7-17(18)20(29)25-22/h2-11,24H,12-13H2,1H3,(H,23,27)(H,25,29). The molecule has 0 unspecified atom stereocenters. The number of nitrogens with zero attached hydrogens (tertiary/aromatic N) is 3. The second-order valence-corrected chi connectivity index (χ2v) is 7.63. The lowest BCUT2D eigenvalue weighted by Crippen LogP contribution is -2.76. The van der Waals surface area contributed by atoms with Crippen molar-refractivity contribution < 1.29 is 9.59 Å². The van der Waals surface area contributed by atoms with E-state index >= 15 is 0 Å². The van der Waals surface area contributed by atoms with Crippen LogP contribution in [0.1, 0.15) is 26.4 Å². The van der Waals surface area contributed by atoms with Crippen molar-refractivity contribution in [3.05, 3.63) is 77.5 Å². The second-order valence-electron chi connectivity index (χ2n) is 7.63. The van der Waals surface area contributed by atoms with Crippen LogP contribution in [0.15, 0.2) is 60.7 Å². The van der Waals surface area contributed by atoms with Crippen molar-refractivity contribution in [2.24, 2.45) is 0 Å². The first-order valence-electron chi connectivity index (χ1n) is 9.68. The molecule has 0 aliphatic carbocycles. The summed E-state index contributed by atoms with van der Waals surface area (Å²) in [4.78, 5) is 27.1. The highest BCUT2D eigenvalue weighted by atomic mass is 16.2. The molecule has 0 saturated carbocycles. The van der Waals surface area contributed by atoms with Gasteiger partial charge in [-0.15, -0.1) is 5.10 Å². The average Bonchev–Trinajstić information content (AvgIpc) is 2.73. The summed E-state index contributed by atoms with van der Waals surface area (Å²) in [6.45, 7) is 2.66. The number of anilines is 3. The highest BCUT2D eigenvalue weighted by Crippen LogP contribution is 2.31. The maximum Gasteiger partial charge on any atom is 0.255 e. The van der Waals surface area contributed by atoms with Gasteiger partial charge >= 0.3 is 0 Å². The zero-order chi connectivity index (χ0) is 20.7. The number of fused-ring (bicyclic) bond motifs is 1. The molecule has 8 nitrogen and oxygen atoms in total. The molecule has 2 amide bonds. The van der Waals surface area contributed by atoms with Crippen LogP contribution in [-0.4, -0.2) is 45.7 Å². The van der Waals surface area contributed by atoms with Crippen LogP contribution in [0.2, 0.25) is 0 Å². The van der Waals surface area contributed by atoms with Crippen LogP contribution >= 0.6 is 0 Å². The molecule has 30 heavy (non-hydrogen) atoms. The maximum absolute atomic E-state index is 13.0. The number of carbonyl (C=O) groups excluding carboxylic acids is 2. The Labute approximate surface area is 173 Å². The molecular weight excluding hydrogens is 380 g/mol. The zero-order valence-electron chi connectivity index (χ0n) is 16.3. The van der Waals surface area contributed by atoms with Crippen LogP contribution in [0.25, 0.3) is 0 Å². The van der Waals surface area contributed by atoms with E-state index in [1.165, 1.54) is 0 Å². The molecule has 3 aromatic rings. The number of amides is 2. The Hall–Kier alpha value is -3.94. The van der Waals surface area contributed by atoms with E-state index in [2.05, 4.69) is 26.1 Å². The van der Waals surface area contributed by atoms with Crippen molar-refractivity contribution in [1.29, 1.82) is 0 Å². The Balaban J connectivity index is 1.28. The van der Waals surface area contributed by atoms with Crippen molar-refractivity contribution in [2.45, 2.75) is 12.6 Å². The Morgan fingerprint density at radius 2 is 1.87 bits per heavy atom. The highest BCUT2D eigenvalue weighted by Gasteiger charge is 2.49. The van der Waals surface area contributed by atoms with Gasteiger partial charge in [-0.2, -0.15) is 5.10 Å². The average molecular weight is 400 g/mol. The van der Waals surface area contributed by atoms with E-state index in [9.17, 15) is 9.59 Å². The third kappa shape index (κ3) is 3.22. The summed E-state index contributed by atoms with van der Waals surface area (Å²) in [5.74, 6) is 0.400. The van der Waals surface area contributed by atoms with E-state index in [4.69, 9.17) is 0 Å². The van der Waals surface area contributed by atoms with Crippen molar-refractivity contribution in [1.82, 2.24) is 20.4 Å². The van der Waals surface area contributed by atoms with Gasteiger partial charge in [-0.3, -0.25) is 9.59 Å². The van der Waals surface area contributed by atoms with Gasteiger partial charge in [0.1, 0.15) is 5.66 Å². The number of likely N-dealkylation sites (tertiary alicyclic amines) is 1. The Bertz CT molecular complexity index is 1140. The second kappa shape index (κ2) is 6.84. The number of hydrogen-bond donors (Lipinski definition) is 3. The van der Waals surface area contributed by atoms with Crippen LogP contribution in [-0.2, 0) is 0 Å². The minimum absolute atomic E-state index is 0.0887. The van der Waals surface area contributed by atoms with Crippen molar-refractivity contribution in [2.75, 3.05) is 23.7 Å². The molecule has 3 heterocycles. The number of aryl methyl sites for hydroxylation is 1. The van der Waals surface area contributed by atoms with Gasteiger partial charge in [0.05, 0.1) is 24.3 Å². The van der Waals surface area contributed by atoms with Gasteiger partial charge < -0.3 is 20.9 Å². The molecule has 2 aromatic carbocycles. The number of aromatic nitrogens is 2. The molecule has 1 aromatic heterocycles. The van der Waals surface area contributed by atoms with E-state index in [0.29, 0.717) is 30.0 Å². The summed E-state index contributed by atoms with van der Waals surface area (Å²) in [5.41, 5.74) is 2.95. The molecule has 0 atom stereocenters. The summed E-state index contributed by atoms with van der Waals surface area (Å²) in [6.07, 6.45) is 0. The minimum atomic E-state index is -0.617. The first-order chi connectivity index (χ1) is 14.5. The number of hydrogen-bond acceptors (Lipinski definition) is 6. The lowest BCUT2D eigenvalue weighted by atomic mass is 9.94. The number of para-hydroxylation sites is 1. The molecule has 1 saturated heterocycles. The molecule has 8 heteroatoms. The predicted octanol–water partition coefficient (Wildman–Crippen LogP) is 2.54. The van der Waals surface area contributed by atoms with Crippen molar-refractivity contribution in [3.63, 3.8) is 0 Å². The van der Waals surface area contributed by atoms with E-state index in [0.717, 1.165) is 17.1 Å². The van der Waals surface area contributed by atoms with Crippen LogP contribution in [0.4, 0.5) is 17.2 Å². The van der Waals surface area contributed by atoms with Gasteiger partial charge in [0.2, 0.25) is 0 Å². The molecule has 1 spiro atoms. The molecule has 0 radical (unpaired) electrons. The molecule has 2 aliphatic rings. The number of benzene rings is 2. The topological polar surface area (TPSA) is 99.2 Å². The first-order valence-corrected chi connectivity index (χ1v) is 9.68. The highest BCUT2D eigenvalue weighted by molar-refractivity contribution is 6.03. The Morgan fingerprint density at radius 3 is 2.67 bits per heavy atom. The van der Waals surface area contributed by atoms with Crippen molar-refractivity contribution >= 4 is 29.0 Å². The summed E-state index contributed by atoms with van der Waals surface area (Å²) in [7, 11) is 0.